The van der Waals surface area contributed by atoms with Crippen LogP contribution in [-0.2, 0) is 11.3 Å². The van der Waals surface area contributed by atoms with Crippen molar-refractivity contribution in [1.82, 2.24) is 0 Å². The number of anilines is 2. The van der Waals surface area contributed by atoms with E-state index in [1.165, 1.54) is 25.5 Å². The lowest BCUT2D eigenvalue weighted by molar-refractivity contribution is -0.384. The molecule has 0 saturated carbocycles. The first-order valence-corrected chi connectivity index (χ1v) is 8.52. The van der Waals surface area contributed by atoms with Crippen molar-refractivity contribution in [2.24, 2.45) is 0 Å². The van der Waals surface area contributed by atoms with Gasteiger partial charge in [0.15, 0.2) is 5.76 Å². The lowest BCUT2D eigenvalue weighted by Gasteiger charge is -2.12. The molecule has 0 aliphatic rings. The molecular weight excluding hydrogens is 378 g/mol. The zero-order valence-electron chi connectivity index (χ0n) is 15.4. The minimum Gasteiger partial charge on any atom is -0.465 e. The molecule has 0 unspecified atom stereocenters. The van der Waals surface area contributed by atoms with Crippen LogP contribution in [0.5, 0.6) is 0 Å². The van der Waals surface area contributed by atoms with Crippen molar-refractivity contribution in [2.75, 3.05) is 17.7 Å². The van der Waals surface area contributed by atoms with Crippen LogP contribution in [0.3, 0.4) is 0 Å². The molecule has 1 amide bonds. The Morgan fingerprint density at radius 3 is 2.66 bits per heavy atom. The summed E-state index contributed by atoms with van der Waals surface area (Å²) < 4.78 is 9.76. The molecule has 0 radical (unpaired) electrons. The van der Waals surface area contributed by atoms with E-state index in [4.69, 9.17) is 9.15 Å². The van der Waals surface area contributed by atoms with E-state index < -0.39 is 10.9 Å². The summed E-state index contributed by atoms with van der Waals surface area (Å²) in [6.07, 6.45) is 1.42. The van der Waals surface area contributed by atoms with Crippen LogP contribution in [0.15, 0.2) is 65.3 Å². The van der Waals surface area contributed by atoms with Gasteiger partial charge in [-0.05, 0) is 35.9 Å². The lowest BCUT2D eigenvalue weighted by Crippen LogP contribution is -2.11. The van der Waals surface area contributed by atoms with Gasteiger partial charge >= 0.3 is 5.97 Å². The van der Waals surface area contributed by atoms with Crippen molar-refractivity contribution in [3.05, 3.63) is 87.9 Å². The average Bonchev–Trinajstić information content (AvgIpc) is 3.27. The molecule has 3 aromatic rings. The molecule has 1 aromatic heterocycles. The van der Waals surface area contributed by atoms with Gasteiger partial charge in [0.25, 0.3) is 11.6 Å². The first-order valence-electron chi connectivity index (χ1n) is 8.52. The number of hydrogen-bond acceptors (Lipinski definition) is 7. The van der Waals surface area contributed by atoms with Gasteiger partial charge in [-0.1, -0.05) is 12.1 Å². The number of esters is 1. The minimum absolute atomic E-state index is 0.0592. The van der Waals surface area contributed by atoms with Crippen molar-refractivity contribution in [3.63, 3.8) is 0 Å². The molecule has 2 aromatic carbocycles. The number of carbonyl (C=O) groups is 2. The molecule has 0 saturated heterocycles. The highest BCUT2D eigenvalue weighted by Gasteiger charge is 2.17. The number of hydrogen-bond donors (Lipinski definition) is 2. The number of nitro benzene ring substituents is 1. The predicted molar refractivity (Wildman–Crippen MR) is 105 cm³/mol. The molecule has 0 aliphatic carbocycles. The van der Waals surface area contributed by atoms with Crippen molar-refractivity contribution in [2.45, 2.75) is 6.54 Å². The summed E-state index contributed by atoms with van der Waals surface area (Å²) in [7, 11) is 1.20. The Morgan fingerprint density at radius 2 is 1.97 bits per heavy atom. The lowest BCUT2D eigenvalue weighted by atomic mass is 10.1. The maximum absolute atomic E-state index is 12.1. The van der Waals surface area contributed by atoms with Crippen LogP contribution in [0.1, 0.15) is 26.5 Å². The van der Waals surface area contributed by atoms with Crippen LogP contribution >= 0.6 is 0 Å². The topological polar surface area (TPSA) is 124 Å². The first-order chi connectivity index (χ1) is 14.0. The van der Waals surface area contributed by atoms with E-state index in [1.807, 2.05) is 6.07 Å². The number of nitro groups is 1. The monoisotopic (exact) mass is 395 g/mol. The third-order valence-electron chi connectivity index (χ3n) is 4.03. The highest BCUT2D eigenvalue weighted by molar-refractivity contribution is 6.02. The normalized spacial score (nSPS) is 10.2. The number of ether oxygens (including phenoxy) is 1. The number of methoxy groups -OCH3 is 1. The second-order valence-electron chi connectivity index (χ2n) is 5.96. The fraction of sp³-hybridized carbons (Fsp3) is 0.100. The minimum atomic E-state index is -0.685. The summed E-state index contributed by atoms with van der Waals surface area (Å²) in [6.45, 7) is 0.312. The van der Waals surface area contributed by atoms with Crippen LogP contribution in [0.2, 0.25) is 0 Å². The van der Waals surface area contributed by atoms with Gasteiger partial charge in [0.05, 0.1) is 23.9 Å². The average molecular weight is 395 g/mol. The van der Waals surface area contributed by atoms with E-state index in [-0.39, 0.29) is 22.9 Å². The maximum Gasteiger partial charge on any atom is 0.340 e. The van der Waals surface area contributed by atoms with Crippen LogP contribution < -0.4 is 10.6 Å². The van der Waals surface area contributed by atoms with Gasteiger partial charge in [0.2, 0.25) is 0 Å². The molecule has 0 bridgehead atoms. The molecule has 9 heteroatoms. The van der Waals surface area contributed by atoms with Gasteiger partial charge < -0.3 is 19.8 Å². The van der Waals surface area contributed by atoms with E-state index in [0.717, 1.165) is 11.6 Å². The molecule has 0 aliphatic heterocycles. The quantitative estimate of drug-likeness (QED) is 0.354. The maximum atomic E-state index is 12.1. The predicted octanol–water partition coefficient (Wildman–Crippen LogP) is 3.84. The van der Waals surface area contributed by atoms with Crippen molar-refractivity contribution in [1.29, 1.82) is 0 Å². The van der Waals surface area contributed by atoms with Crippen molar-refractivity contribution < 1.29 is 23.7 Å². The molecular formula is C20H17N3O6. The number of rotatable bonds is 7. The van der Waals surface area contributed by atoms with Gasteiger partial charge in [-0.15, -0.1) is 0 Å². The summed E-state index contributed by atoms with van der Waals surface area (Å²) in [4.78, 5) is 34.4. The molecule has 9 nitrogen and oxygen atoms in total. The second kappa shape index (κ2) is 8.70. The Kier molecular flexibility index (Phi) is 5.88. The summed E-state index contributed by atoms with van der Waals surface area (Å²) in [5, 5.41) is 16.8. The summed E-state index contributed by atoms with van der Waals surface area (Å²) >= 11 is 0. The Labute approximate surface area is 165 Å². The van der Waals surface area contributed by atoms with Crippen LogP contribution in [0.25, 0.3) is 0 Å². The van der Waals surface area contributed by atoms with E-state index >= 15 is 0 Å². The molecule has 0 atom stereocenters. The Morgan fingerprint density at radius 1 is 1.14 bits per heavy atom. The van der Waals surface area contributed by atoms with E-state index in [0.29, 0.717) is 17.9 Å². The van der Waals surface area contributed by atoms with Crippen molar-refractivity contribution in [3.8, 4) is 0 Å². The Hall–Kier alpha value is -4.14. The largest absolute Gasteiger partial charge is 0.465 e. The van der Waals surface area contributed by atoms with Crippen LogP contribution in [0, 0.1) is 10.1 Å². The highest BCUT2D eigenvalue weighted by atomic mass is 16.6. The summed E-state index contributed by atoms with van der Waals surface area (Å²) in [5.41, 5.74) is 1.63. The Bertz CT molecular complexity index is 1050. The smallest absolute Gasteiger partial charge is 0.340 e. The molecule has 2 N–H and O–H groups in total. The summed E-state index contributed by atoms with van der Waals surface area (Å²) in [6, 6.07) is 14.2. The number of furan rings is 1. The molecule has 29 heavy (non-hydrogen) atoms. The zero-order valence-corrected chi connectivity index (χ0v) is 15.4. The first kappa shape index (κ1) is 19.6. The number of nitrogens with one attached hydrogen (secondary N) is 2. The fourth-order valence-electron chi connectivity index (χ4n) is 2.64. The number of amides is 1. The zero-order chi connectivity index (χ0) is 20.8. The fourth-order valence-corrected chi connectivity index (χ4v) is 2.64. The van der Waals surface area contributed by atoms with Gasteiger partial charge in [-0.2, -0.15) is 0 Å². The molecule has 3 rings (SSSR count). The molecule has 0 fully saturated rings. The second-order valence-corrected chi connectivity index (χ2v) is 5.96. The standard InChI is InChI=1S/C20H17N3O6/c1-28-20(25)16-11-15(23(26)27)7-8-17(16)21-12-13-4-2-5-14(10-13)22-19(24)18-6-3-9-29-18/h2-11,21H,12H2,1H3,(H,22,24). The third kappa shape index (κ3) is 4.78. The van der Waals surface area contributed by atoms with Gasteiger partial charge in [0, 0.05) is 30.1 Å². The molecule has 0 spiro atoms. The van der Waals surface area contributed by atoms with Crippen LogP contribution in [-0.4, -0.2) is 23.9 Å². The Balaban J connectivity index is 1.74. The number of non-ortho nitro benzene ring substituents is 1. The number of nitrogens with zero attached hydrogens (tertiary/aromatic N) is 1. The third-order valence-corrected chi connectivity index (χ3v) is 4.03. The van der Waals surface area contributed by atoms with Gasteiger partial charge in [-0.3, -0.25) is 14.9 Å². The number of benzene rings is 2. The molecule has 1 heterocycles. The molecule has 148 valence electrons. The van der Waals surface area contributed by atoms with E-state index in [1.54, 1.807) is 30.3 Å². The van der Waals surface area contributed by atoms with Gasteiger partial charge in [0.1, 0.15) is 0 Å². The van der Waals surface area contributed by atoms with Crippen molar-refractivity contribution >= 4 is 28.9 Å². The number of carbonyl (C=O) groups excluding carboxylic acids is 2. The summed E-state index contributed by atoms with van der Waals surface area (Å²) in [5.74, 6) is -0.860. The highest BCUT2D eigenvalue weighted by Crippen LogP contribution is 2.24. The van der Waals surface area contributed by atoms with E-state index in [9.17, 15) is 19.7 Å². The van der Waals surface area contributed by atoms with Crippen LogP contribution in [0.4, 0.5) is 17.1 Å². The SMILES string of the molecule is COC(=O)c1cc([N+](=O)[O-])ccc1NCc1cccc(NC(=O)c2ccco2)c1. The van der Waals surface area contributed by atoms with E-state index in [2.05, 4.69) is 10.6 Å². The van der Waals surface area contributed by atoms with Gasteiger partial charge in [-0.25, -0.2) is 4.79 Å².